The maximum Gasteiger partial charge on any atom is 0.321 e. The number of carboxylic acids is 1. The standard InChI is InChI=1S/C21H13ClN4O2S/c22-16-9-5-4-8-13(16)17-14(10-23)19(25)26-20(15(17)11-24)29-18(21(27)28)12-6-2-1-3-7-12/h1-9,18H,(H2,25,26)(H,27,28). The number of pyridine rings is 1. The Morgan fingerprint density at radius 3 is 2.28 bits per heavy atom. The smallest absolute Gasteiger partial charge is 0.321 e. The molecule has 1 atom stereocenters. The lowest BCUT2D eigenvalue weighted by atomic mass is 9.97. The van der Waals surface area contributed by atoms with Crippen LogP contribution in [-0.4, -0.2) is 16.1 Å². The van der Waals surface area contributed by atoms with Crippen molar-refractivity contribution in [1.82, 2.24) is 4.98 Å². The Morgan fingerprint density at radius 1 is 1.07 bits per heavy atom. The van der Waals surface area contributed by atoms with Gasteiger partial charge in [0.25, 0.3) is 0 Å². The summed E-state index contributed by atoms with van der Waals surface area (Å²) in [6.07, 6.45) is 0. The van der Waals surface area contributed by atoms with Crippen LogP contribution in [-0.2, 0) is 4.79 Å². The number of nitriles is 2. The highest BCUT2D eigenvalue weighted by Gasteiger charge is 2.27. The van der Waals surface area contributed by atoms with E-state index in [-0.39, 0.29) is 27.5 Å². The van der Waals surface area contributed by atoms with Gasteiger partial charge in [0.2, 0.25) is 0 Å². The van der Waals surface area contributed by atoms with Gasteiger partial charge in [0.1, 0.15) is 33.8 Å². The van der Waals surface area contributed by atoms with Gasteiger partial charge in [-0.15, -0.1) is 0 Å². The SMILES string of the molecule is N#Cc1c(N)nc(SC(C(=O)O)c2ccccc2)c(C#N)c1-c1ccccc1Cl. The monoisotopic (exact) mass is 420 g/mol. The van der Waals surface area contributed by atoms with Crippen LogP contribution in [0.5, 0.6) is 0 Å². The number of thioether (sulfide) groups is 1. The summed E-state index contributed by atoms with van der Waals surface area (Å²) in [6, 6.07) is 19.4. The van der Waals surface area contributed by atoms with Gasteiger partial charge >= 0.3 is 5.97 Å². The number of halogens is 1. The summed E-state index contributed by atoms with van der Waals surface area (Å²) in [4.78, 5) is 16.1. The Labute approximate surface area is 176 Å². The number of carbonyl (C=O) groups is 1. The molecule has 0 fully saturated rings. The second-order valence-corrected chi connectivity index (χ2v) is 7.38. The van der Waals surface area contributed by atoms with Gasteiger partial charge in [0, 0.05) is 16.1 Å². The summed E-state index contributed by atoms with van der Waals surface area (Å²) in [5.74, 6) is -1.18. The summed E-state index contributed by atoms with van der Waals surface area (Å²) in [6.45, 7) is 0. The van der Waals surface area contributed by atoms with Crippen molar-refractivity contribution >= 4 is 35.1 Å². The first-order valence-electron chi connectivity index (χ1n) is 8.31. The van der Waals surface area contributed by atoms with Gasteiger partial charge in [0.05, 0.1) is 5.56 Å². The molecule has 1 unspecified atom stereocenters. The number of hydrogen-bond acceptors (Lipinski definition) is 6. The number of anilines is 1. The molecular formula is C21H13ClN4O2S. The molecule has 2 aromatic carbocycles. The minimum absolute atomic E-state index is 0.0191. The summed E-state index contributed by atoms with van der Waals surface area (Å²) in [5, 5.41) is 28.6. The van der Waals surface area contributed by atoms with Gasteiger partial charge in [-0.2, -0.15) is 10.5 Å². The van der Waals surface area contributed by atoms with Crippen LogP contribution in [0.3, 0.4) is 0 Å². The number of aliphatic carboxylic acids is 1. The summed E-state index contributed by atoms with van der Waals surface area (Å²) in [5.41, 5.74) is 7.29. The number of nitrogen functional groups attached to an aromatic ring is 1. The lowest BCUT2D eigenvalue weighted by Crippen LogP contribution is -2.10. The van der Waals surface area contributed by atoms with E-state index in [1.54, 1.807) is 54.6 Å². The Kier molecular flexibility index (Phi) is 6.04. The predicted molar refractivity (Wildman–Crippen MR) is 111 cm³/mol. The summed E-state index contributed by atoms with van der Waals surface area (Å²) in [7, 11) is 0. The van der Waals surface area contributed by atoms with Gasteiger partial charge in [-0.05, 0) is 11.6 Å². The number of rotatable bonds is 5. The number of nitrogens with two attached hydrogens (primary N) is 1. The maximum absolute atomic E-state index is 11.9. The zero-order valence-corrected chi connectivity index (χ0v) is 16.4. The van der Waals surface area contributed by atoms with Crippen LogP contribution in [0.4, 0.5) is 5.82 Å². The van der Waals surface area contributed by atoms with Crippen molar-refractivity contribution in [2.75, 3.05) is 5.73 Å². The highest BCUT2D eigenvalue weighted by atomic mass is 35.5. The molecule has 0 radical (unpaired) electrons. The number of aromatic nitrogens is 1. The first kappa shape index (κ1) is 20.2. The second-order valence-electron chi connectivity index (χ2n) is 5.88. The highest BCUT2D eigenvalue weighted by Crippen LogP contribution is 2.42. The van der Waals surface area contributed by atoms with Crippen LogP contribution < -0.4 is 5.73 Å². The van der Waals surface area contributed by atoms with Crippen molar-refractivity contribution in [2.45, 2.75) is 10.3 Å². The fourth-order valence-corrected chi connectivity index (χ4v) is 4.08. The fraction of sp³-hybridized carbons (Fsp3) is 0.0476. The molecular weight excluding hydrogens is 408 g/mol. The van der Waals surface area contributed by atoms with E-state index in [1.165, 1.54) is 0 Å². The molecule has 0 saturated carbocycles. The van der Waals surface area contributed by atoms with E-state index in [0.29, 0.717) is 16.1 Å². The van der Waals surface area contributed by atoms with Crippen LogP contribution in [0.15, 0.2) is 59.6 Å². The van der Waals surface area contributed by atoms with Gasteiger partial charge in [-0.25, -0.2) is 4.98 Å². The third kappa shape index (κ3) is 4.02. The topological polar surface area (TPSA) is 124 Å². The quantitative estimate of drug-likeness (QED) is 0.575. The molecule has 3 aromatic rings. The molecule has 29 heavy (non-hydrogen) atoms. The summed E-state index contributed by atoms with van der Waals surface area (Å²) < 4.78 is 0. The van der Waals surface area contributed by atoms with Crippen LogP contribution in [0.1, 0.15) is 21.9 Å². The van der Waals surface area contributed by atoms with Crippen LogP contribution >= 0.6 is 23.4 Å². The molecule has 0 aliphatic carbocycles. The lowest BCUT2D eigenvalue weighted by molar-refractivity contribution is -0.136. The second kappa shape index (κ2) is 8.66. The van der Waals surface area contributed by atoms with E-state index >= 15 is 0 Å². The van der Waals surface area contributed by atoms with Crippen molar-refractivity contribution in [3.63, 3.8) is 0 Å². The molecule has 0 amide bonds. The van der Waals surface area contributed by atoms with Crippen molar-refractivity contribution in [3.05, 3.63) is 76.3 Å². The molecule has 1 heterocycles. The molecule has 8 heteroatoms. The van der Waals surface area contributed by atoms with E-state index in [4.69, 9.17) is 17.3 Å². The normalized spacial score (nSPS) is 11.3. The Balaban J connectivity index is 2.24. The molecule has 3 N–H and O–H groups in total. The molecule has 0 spiro atoms. The average molecular weight is 421 g/mol. The van der Waals surface area contributed by atoms with E-state index in [2.05, 4.69) is 4.98 Å². The van der Waals surface area contributed by atoms with E-state index in [1.807, 2.05) is 12.1 Å². The van der Waals surface area contributed by atoms with Crippen molar-refractivity contribution in [2.24, 2.45) is 0 Å². The number of nitrogens with zero attached hydrogens (tertiary/aromatic N) is 3. The van der Waals surface area contributed by atoms with Crippen molar-refractivity contribution in [3.8, 4) is 23.3 Å². The van der Waals surface area contributed by atoms with Gasteiger partial charge in [-0.3, -0.25) is 4.79 Å². The molecule has 1 aromatic heterocycles. The average Bonchev–Trinajstić information content (AvgIpc) is 2.72. The molecule has 0 aliphatic heterocycles. The number of carboxylic acid groups (broad SMARTS) is 1. The molecule has 0 saturated heterocycles. The van der Waals surface area contributed by atoms with Crippen LogP contribution in [0.2, 0.25) is 5.02 Å². The van der Waals surface area contributed by atoms with Crippen molar-refractivity contribution < 1.29 is 9.90 Å². The van der Waals surface area contributed by atoms with E-state index in [9.17, 15) is 20.4 Å². The van der Waals surface area contributed by atoms with Crippen molar-refractivity contribution in [1.29, 1.82) is 10.5 Å². The van der Waals surface area contributed by atoms with Gasteiger partial charge in [-0.1, -0.05) is 71.9 Å². The third-order valence-electron chi connectivity index (χ3n) is 4.11. The number of hydrogen-bond donors (Lipinski definition) is 2. The first-order valence-corrected chi connectivity index (χ1v) is 9.56. The Bertz CT molecular complexity index is 1170. The molecule has 3 rings (SSSR count). The lowest BCUT2D eigenvalue weighted by Gasteiger charge is -2.17. The number of benzene rings is 2. The molecule has 0 bridgehead atoms. The zero-order chi connectivity index (χ0) is 21.0. The highest BCUT2D eigenvalue weighted by molar-refractivity contribution is 8.00. The van der Waals surface area contributed by atoms with Crippen LogP contribution in [0.25, 0.3) is 11.1 Å². The van der Waals surface area contributed by atoms with E-state index in [0.717, 1.165) is 11.8 Å². The molecule has 0 aliphatic rings. The minimum atomic E-state index is -1.09. The third-order valence-corrected chi connectivity index (χ3v) is 5.67. The largest absolute Gasteiger partial charge is 0.480 e. The first-order chi connectivity index (χ1) is 14.0. The van der Waals surface area contributed by atoms with E-state index < -0.39 is 11.2 Å². The Morgan fingerprint density at radius 2 is 1.69 bits per heavy atom. The van der Waals surface area contributed by atoms with Crippen LogP contribution in [0, 0.1) is 22.7 Å². The van der Waals surface area contributed by atoms with Gasteiger partial charge < -0.3 is 10.8 Å². The molecule has 6 nitrogen and oxygen atoms in total. The van der Waals surface area contributed by atoms with Gasteiger partial charge in [0.15, 0.2) is 0 Å². The zero-order valence-electron chi connectivity index (χ0n) is 14.8. The summed E-state index contributed by atoms with van der Waals surface area (Å²) >= 11 is 7.18. The fourth-order valence-electron chi connectivity index (χ4n) is 2.82. The Hall–Kier alpha value is -3.52. The minimum Gasteiger partial charge on any atom is -0.480 e. The maximum atomic E-state index is 11.9. The predicted octanol–water partition coefficient (Wildman–Crippen LogP) is 4.65. The molecule has 142 valence electrons.